The van der Waals surface area contributed by atoms with Gasteiger partial charge < -0.3 is 20.7 Å². The van der Waals surface area contributed by atoms with Crippen molar-refractivity contribution in [2.45, 2.75) is 51.2 Å². The lowest BCUT2D eigenvalue weighted by molar-refractivity contribution is -0.133. The molecule has 0 unspecified atom stereocenters. The van der Waals surface area contributed by atoms with E-state index < -0.39 is 6.04 Å². The number of nitrogens with zero attached hydrogens (tertiary/aromatic N) is 1. The minimum absolute atomic E-state index is 0.00237. The molecule has 0 bridgehead atoms. The van der Waals surface area contributed by atoms with Crippen molar-refractivity contribution >= 4 is 23.2 Å². The van der Waals surface area contributed by atoms with Crippen molar-refractivity contribution in [3.63, 3.8) is 0 Å². The van der Waals surface area contributed by atoms with Crippen molar-refractivity contribution in [2.75, 3.05) is 19.8 Å². The van der Waals surface area contributed by atoms with E-state index in [0.717, 1.165) is 29.7 Å². The molecule has 0 aliphatic carbocycles. The number of hydrogen-bond donors (Lipinski definition) is 2. The van der Waals surface area contributed by atoms with E-state index in [0.29, 0.717) is 32.7 Å². The van der Waals surface area contributed by atoms with Gasteiger partial charge in [0.15, 0.2) is 0 Å². The van der Waals surface area contributed by atoms with Crippen LogP contribution in [0.1, 0.15) is 46.3 Å². The van der Waals surface area contributed by atoms with Gasteiger partial charge in [0.2, 0.25) is 5.91 Å². The monoisotopic (exact) mass is 351 g/mol. The molecule has 1 fully saturated rings. The second kappa shape index (κ2) is 7.63. The third kappa shape index (κ3) is 3.79. The van der Waals surface area contributed by atoms with E-state index in [-0.39, 0.29) is 17.9 Å². The van der Waals surface area contributed by atoms with Gasteiger partial charge in [0, 0.05) is 37.2 Å². The first-order valence-electron chi connectivity index (χ1n) is 8.63. The molecule has 3 N–H and O–H groups in total. The van der Waals surface area contributed by atoms with Crippen molar-refractivity contribution < 1.29 is 14.3 Å². The van der Waals surface area contributed by atoms with Gasteiger partial charge in [0.05, 0.1) is 10.9 Å². The summed E-state index contributed by atoms with van der Waals surface area (Å²) in [6.45, 7) is 4.58. The van der Waals surface area contributed by atoms with Crippen LogP contribution in [0.3, 0.4) is 0 Å². The number of carbonyl (C=O) groups is 2. The summed E-state index contributed by atoms with van der Waals surface area (Å²) in [6.07, 6.45) is 3.18. The highest BCUT2D eigenvalue weighted by Crippen LogP contribution is 2.28. The zero-order valence-corrected chi connectivity index (χ0v) is 14.9. The fraction of sp³-hybridized carbons (Fsp3) is 0.647. The Kier molecular flexibility index (Phi) is 5.53. The summed E-state index contributed by atoms with van der Waals surface area (Å²) in [7, 11) is 0. The van der Waals surface area contributed by atoms with Crippen LogP contribution < -0.4 is 11.1 Å². The highest BCUT2D eigenvalue weighted by molar-refractivity contribution is 7.14. The Morgan fingerprint density at radius 3 is 2.92 bits per heavy atom. The van der Waals surface area contributed by atoms with Gasteiger partial charge in [0.1, 0.15) is 0 Å². The smallest absolute Gasteiger partial charge is 0.261 e. The second-order valence-electron chi connectivity index (χ2n) is 6.44. The van der Waals surface area contributed by atoms with Crippen LogP contribution in [-0.2, 0) is 22.5 Å². The molecule has 6 nitrogen and oxygen atoms in total. The van der Waals surface area contributed by atoms with E-state index in [1.165, 1.54) is 4.88 Å². The third-order valence-electron chi connectivity index (χ3n) is 4.72. The summed E-state index contributed by atoms with van der Waals surface area (Å²) < 4.78 is 5.32. The Morgan fingerprint density at radius 2 is 2.21 bits per heavy atom. The molecule has 24 heavy (non-hydrogen) atoms. The summed E-state index contributed by atoms with van der Waals surface area (Å²) in [6, 6.07) is 1.71. The van der Waals surface area contributed by atoms with Crippen LogP contribution in [-0.4, -0.2) is 48.6 Å². The molecule has 3 heterocycles. The molecule has 2 aliphatic rings. The summed E-state index contributed by atoms with van der Waals surface area (Å²) in [5.74, 6) is -0.00741. The van der Waals surface area contributed by atoms with Gasteiger partial charge in [-0.25, -0.2) is 0 Å². The second-order valence-corrected chi connectivity index (χ2v) is 7.58. The Morgan fingerprint density at radius 1 is 1.46 bits per heavy atom. The van der Waals surface area contributed by atoms with E-state index in [1.807, 2.05) is 17.9 Å². The molecule has 0 saturated carbocycles. The number of ether oxygens (including phenoxy) is 1. The van der Waals surface area contributed by atoms with Crippen LogP contribution in [0.4, 0.5) is 0 Å². The average molecular weight is 351 g/mol. The molecular weight excluding hydrogens is 326 g/mol. The Labute approximate surface area is 146 Å². The van der Waals surface area contributed by atoms with Crippen LogP contribution in [0.25, 0.3) is 0 Å². The maximum atomic E-state index is 12.5. The maximum Gasteiger partial charge on any atom is 0.261 e. The topological polar surface area (TPSA) is 84.7 Å². The van der Waals surface area contributed by atoms with Gasteiger partial charge in [-0.3, -0.25) is 9.59 Å². The molecule has 0 radical (unpaired) electrons. The molecule has 1 saturated heterocycles. The van der Waals surface area contributed by atoms with Crippen molar-refractivity contribution in [2.24, 2.45) is 5.73 Å². The predicted molar refractivity (Wildman–Crippen MR) is 93.0 cm³/mol. The normalized spacial score (nSPS) is 19.7. The molecule has 3 rings (SSSR count). The highest BCUT2D eigenvalue weighted by atomic mass is 32.1. The Bertz CT molecular complexity index is 610. The summed E-state index contributed by atoms with van der Waals surface area (Å²) in [5.41, 5.74) is 6.95. The number of fused-ring (bicyclic) bond motifs is 1. The van der Waals surface area contributed by atoms with Crippen LogP contribution in [0.15, 0.2) is 6.07 Å². The number of nitrogens with two attached hydrogens (primary N) is 1. The number of amides is 2. The standard InChI is InChI=1S/C17H25N3O3S/c1-2-13(18)17(22)20-6-3-14-11(10-20)9-15(24-14)16(21)19-12-4-7-23-8-5-12/h9,12-13H,2-8,10,18H2,1H3,(H,19,21)/t13-/m1/s1. The van der Waals surface area contributed by atoms with E-state index in [1.54, 1.807) is 11.3 Å². The summed E-state index contributed by atoms with van der Waals surface area (Å²) in [5, 5.41) is 3.10. The van der Waals surface area contributed by atoms with Crippen molar-refractivity contribution in [3.8, 4) is 0 Å². The molecule has 0 aromatic carbocycles. The van der Waals surface area contributed by atoms with E-state index in [2.05, 4.69) is 5.32 Å². The molecule has 1 atom stereocenters. The molecule has 1 aromatic rings. The minimum Gasteiger partial charge on any atom is -0.381 e. The van der Waals surface area contributed by atoms with Gasteiger partial charge in [-0.05, 0) is 37.3 Å². The van der Waals surface area contributed by atoms with Crippen molar-refractivity contribution in [1.82, 2.24) is 10.2 Å². The number of thiophene rings is 1. The largest absolute Gasteiger partial charge is 0.381 e. The highest BCUT2D eigenvalue weighted by Gasteiger charge is 2.27. The van der Waals surface area contributed by atoms with E-state index >= 15 is 0 Å². The molecular formula is C17H25N3O3S. The SMILES string of the molecule is CC[C@@H](N)C(=O)N1CCc2sc(C(=O)NC3CCOCC3)cc2C1. The first-order chi connectivity index (χ1) is 11.6. The number of hydrogen-bond acceptors (Lipinski definition) is 5. The summed E-state index contributed by atoms with van der Waals surface area (Å²) >= 11 is 1.55. The minimum atomic E-state index is -0.429. The number of rotatable bonds is 4. The molecule has 1 aromatic heterocycles. The lowest BCUT2D eigenvalue weighted by atomic mass is 10.1. The van der Waals surface area contributed by atoms with E-state index in [9.17, 15) is 9.59 Å². The van der Waals surface area contributed by atoms with Gasteiger partial charge in [-0.15, -0.1) is 11.3 Å². The quantitative estimate of drug-likeness (QED) is 0.856. The van der Waals surface area contributed by atoms with E-state index in [4.69, 9.17) is 10.5 Å². The number of carbonyl (C=O) groups excluding carboxylic acids is 2. The van der Waals surface area contributed by atoms with Crippen molar-refractivity contribution in [3.05, 3.63) is 21.4 Å². The third-order valence-corrected chi connectivity index (χ3v) is 5.95. The fourth-order valence-electron chi connectivity index (χ4n) is 3.14. The van der Waals surface area contributed by atoms with Crippen LogP contribution in [0.5, 0.6) is 0 Å². The molecule has 2 aliphatic heterocycles. The van der Waals surface area contributed by atoms with Gasteiger partial charge in [-0.1, -0.05) is 6.92 Å². The predicted octanol–water partition coefficient (Wildman–Crippen LogP) is 1.28. The Hall–Kier alpha value is -1.44. The molecule has 0 spiro atoms. The van der Waals surface area contributed by atoms with Gasteiger partial charge in [0.25, 0.3) is 5.91 Å². The lowest BCUT2D eigenvalue weighted by Crippen LogP contribution is -2.45. The van der Waals surface area contributed by atoms with Crippen molar-refractivity contribution in [1.29, 1.82) is 0 Å². The maximum absolute atomic E-state index is 12.5. The van der Waals surface area contributed by atoms with Crippen LogP contribution in [0, 0.1) is 0 Å². The molecule has 7 heteroatoms. The van der Waals surface area contributed by atoms with Gasteiger partial charge in [-0.2, -0.15) is 0 Å². The first-order valence-corrected chi connectivity index (χ1v) is 9.44. The molecule has 132 valence electrons. The average Bonchev–Trinajstić information content (AvgIpc) is 3.04. The fourth-order valence-corrected chi connectivity index (χ4v) is 4.21. The van der Waals surface area contributed by atoms with Gasteiger partial charge >= 0.3 is 0 Å². The zero-order valence-electron chi connectivity index (χ0n) is 14.0. The summed E-state index contributed by atoms with van der Waals surface area (Å²) in [4.78, 5) is 28.5. The van der Waals surface area contributed by atoms with Crippen LogP contribution >= 0.6 is 11.3 Å². The first kappa shape index (κ1) is 17.4. The number of nitrogens with one attached hydrogen (secondary N) is 1. The zero-order chi connectivity index (χ0) is 17.1. The molecule has 2 amide bonds. The van der Waals surface area contributed by atoms with Crippen LogP contribution in [0.2, 0.25) is 0 Å². The lowest BCUT2D eigenvalue weighted by Gasteiger charge is -2.28. The Balaban J connectivity index is 1.64.